The molecule has 0 spiro atoms. The molecule has 110 valence electrons. The summed E-state index contributed by atoms with van der Waals surface area (Å²) >= 11 is 18.1. The number of halogens is 3. The molecule has 2 aromatic rings. The third-order valence-electron chi connectivity index (χ3n) is 2.83. The van der Waals surface area contributed by atoms with E-state index in [9.17, 15) is 4.79 Å². The van der Waals surface area contributed by atoms with E-state index in [1.54, 1.807) is 12.1 Å². The van der Waals surface area contributed by atoms with Crippen LogP contribution in [0.15, 0.2) is 30.3 Å². The summed E-state index contributed by atoms with van der Waals surface area (Å²) < 4.78 is 5.33. The molecule has 2 rings (SSSR count). The fourth-order valence-corrected chi connectivity index (χ4v) is 2.43. The molecule has 0 bridgehead atoms. The molecule has 0 aliphatic carbocycles. The van der Waals surface area contributed by atoms with Crippen LogP contribution in [0.2, 0.25) is 15.1 Å². The van der Waals surface area contributed by atoms with E-state index in [4.69, 9.17) is 45.3 Å². The first-order chi connectivity index (χ1) is 9.93. The number of carbonyl (C=O) groups excluding carboxylic acids is 1. The maximum absolute atomic E-state index is 12.5. The first-order valence-electron chi connectivity index (χ1n) is 6.15. The largest absolute Gasteiger partial charge is 0.492 e. The van der Waals surface area contributed by atoms with Crippen LogP contribution in [-0.4, -0.2) is 12.4 Å². The topological polar surface area (TPSA) is 52.3 Å². The normalized spacial score (nSPS) is 10.5. The molecule has 0 aliphatic rings. The summed E-state index contributed by atoms with van der Waals surface area (Å²) in [4.78, 5) is 12.5. The maximum Gasteiger partial charge on any atom is 0.194 e. The van der Waals surface area contributed by atoms with Gasteiger partial charge in [0.25, 0.3) is 0 Å². The van der Waals surface area contributed by atoms with E-state index in [-0.39, 0.29) is 16.4 Å². The Balaban J connectivity index is 2.43. The van der Waals surface area contributed by atoms with Gasteiger partial charge in [-0.2, -0.15) is 0 Å². The molecule has 0 aromatic heterocycles. The van der Waals surface area contributed by atoms with Crippen molar-refractivity contribution in [3.05, 3.63) is 56.5 Å². The molecule has 0 fully saturated rings. The van der Waals surface area contributed by atoms with Gasteiger partial charge in [0.15, 0.2) is 5.78 Å². The van der Waals surface area contributed by atoms with Crippen LogP contribution in [0.1, 0.15) is 22.8 Å². The predicted octanol–water partition coefficient (Wildman–Crippen LogP) is 4.86. The average molecular weight is 345 g/mol. The van der Waals surface area contributed by atoms with E-state index in [1.165, 1.54) is 18.2 Å². The number of benzene rings is 2. The molecule has 6 heteroatoms. The molecule has 0 amide bonds. The smallest absolute Gasteiger partial charge is 0.194 e. The van der Waals surface area contributed by atoms with Crippen molar-refractivity contribution >= 4 is 46.3 Å². The van der Waals surface area contributed by atoms with E-state index in [0.29, 0.717) is 33.7 Å². The number of hydrogen-bond donors (Lipinski definition) is 1. The highest BCUT2D eigenvalue weighted by Crippen LogP contribution is 2.33. The summed E-state index contributed by atoms with van der Waals surface area (Å²) in [5, 5.41) is 0.904. The van der Waals surface area contributed by atoms with Crippen LogP contribution in [0.3, 0.4) is 0 Å². The average Bonchev–Trinajstić information content (AvgIpc) is 2.45. The molecule has 0 saturated heterocycles. The van der Waals surface area contributed by atoms with Gasteiger partial charge in [0.05, 0.1) is 27.4 Å². The van der Waals surface area contributed by atoms with E-state index in [0.717, 1.165) is 0 Å². The van der Waals surface area contributed by atoms with Gasteiger partial charge < -0.3 is 10.5 Å². The number of anilines is 1. The van der Waals surface area contributed by atoms with Gasteiger partial charge in [0.2, 0.25) is 0 Å². The Morgan fingerprint density at radius 3 is 2.43 bits per heavy atom. The second-order valence-electron chi connectivity index (χ2n) is 4.26. The van der Waals surface area contributed by atoms with Crippen molar-refractivity contribution in [1.29, 1.82) is 0 Å². The Labute approximate surface area is 137 Å². The van der Waals surface area contributed by atoms with Crippen LogP contribution in [0.5, 0.6) is 5.75 Å². The van der Waals surface area contributed by atoms with Gasteiger partial charge in [-0.25, -0.2) is 0 Å². The van der Waals surface area contributed by atoms with Gasteiger partial charge in [-0.05, 0) is 31.2 Å². The molecule has 0 atom stereocenters. The van der Waals surface area contributed by atoms with Gasteiger partial charge in [-0.3, -0.25) is 4.79 Å². The number of rotatable bonds is 4. The molecular formula is C15H12Cl3NO2. The molecule has 0 heterocycles. The van der Waals surface area contributed by atoms with E-state index < -0.39 is 0 Å². The van der Waals surface area contributed by atoms with E-state index in [1.807, 2.05) is 6.92 Å². The molecule has 0 aliphatic heterocycles. The number of ether oxygens (including phenoxy) is 1. The molecule has 21 heavy (non-hydrogen) atoms. The lowest BCUT2D eigenvalue weighted by Crippen LogP contribution is -2.04. The number of hydrogen-bond acceptors (Lipinski definition) is 3. The zero-order valence-electron chi connectivity index (χ0n) is 11.1. The van der Waals surface area contributed by atoms with Crippen molar-refractivity contribution in [2.75, 3.05) is 12.3 Å². The molecule has 3 nitrogen and oxygen atoms in total. The Hall–Kier alpha value is -1.42. The summed E-state index contributed by atoms with van der Waals surface area (Å²) in [7, 11) is 0. The van der Waals surface area contributed by atoms with Gasteiger partial charge in [0, 0.05) is 17.2 Å². The fraction of sp³-hybridized carbons (Fsp3) is 0.133. The zero-order chi connectivity index (χ0) is 15.6. The van der Waals surface area contributed by atoms with Crippen LogP contribution >= 0.6 is 34.8 Å². The minimum Gasteiger partial charge on any atom is -0.492 e. The van der Waals surface area contributed by atoms with Crippen molar-refractivity contribution < 1.29 is 9.53 Å². The van der Waals surface area contributed by atoms with Crippen LogP contribution in [0.25, 0.3) is 0 Å². The monoisotopic (exact) mass is 343 g/mol. The third kappa shape index (κ3) is 3.43. The van der Waals surface area contributed by atoms with Crippen molar-refractivity contribution in [1.82, 2.24) is 0 Å². The highest BCUT2D eigenvalue weighted by Gasteiger charge is 2.17. The van der Waals surface area contributed by atoms with Crippen LogP contribution < -0.4 is 10.5 Å². The first kappa shape index (κ1) is 16.0. The molecule has 2 aromatic carbocycles. The lowest BCUT2D eigenvalue weighted by Gasteiger charge is -2.10. The highest BCUT2D eigenvalue weighted by atomic mass is 35.5. The molecule has 2 N–H and O–H groups in total. The third-order valence-corrected chi connectivity index (χ3v) is 3.76. The Kier molecular flexibility index (Phi) is 4.99. The summed E-state index contributed by atoms with van der Waals surface area (Å²) in [5.74, 6) is 0.155. The van der Waals surface area contributed by atoms with Crippen LogP contribution in [0, 0.1) is 0 Å². The minimum atomic E-state index is -0.285. The van der Waals surface area contributed by atoms with Gasteiger partial charge in [0.1, 0.15) is 5.75 Å². The van der Waals surface area contributed by atoms with Gasteiger partial charge in [-0.15, -0.1) is 0 Å². The summed E-state index contributed by atoms with van der Waals surface area (Å²) in [6, 6.07) is 7.67. The van der Waals surface area contributed by atoms with Gasteiger partial charge >= 0.3 is 0 Å². The Morgan fingerprint density at radius 1 is 1.10 bits per heavy atom. The van der Waals surface area contributed by atoms with Gasteiger partial charge in [-0.1, -0.05) is 34.8 Å². The van der Waals surface area contributed by atoms with Crippen molar-refractivity contribution in [2.24, 2.45) is 0 Å². The molecular weight excluding hydrogens is 333 g/mol. The maximum atomic E-state index is 12.5. The Morgan fingerprint density at radius 2 is 1.81 bits per heavy atom. The van der Waals surface area contributed by atoms with E-state index >= 15 is 0 Å². The molecule has 0 unspecified atom stereocenters. The van der Waals surface area contributed by atoms with Crippen molar-refractivity contribution in [3.8, 4) is 5.75 Å². The lowest BCUT2D eigenvalue weighted by atomic mass is 10.0. The quantitative estimate of drug-likeness (QED) is 0.636. The summed E-state index contributed by atoms with van der Waals surface area (Å²) in [6.07, 6.45) is 0. The molecule has 0 saturated carbocycles. The predicted molar refractivity (Wildman–Crippen MR) is 86.9 cm³/mol. The molecule has 0 radical (unpaired) electrons. The van der Waals surface area contributed by atoms with Crippen molar-refractivity contribution in [2.45, 2.75) is 6.92 Å². The zero-order valence-corrected chi connectivity index (χ0v) is 13.4. The Bertz CT molecular complexity index is 702. The number of ketones is 1. The fourth-order valence-electron chi connectivity index (χ4n) is 1.79. The first-order valence-corrected chi connectivity index (χ1v) is 7.29. The summed E-state index contributed by atoms with van der Waals surface area (Å²) in [5.41, 5.74) is 6.70. The minimum absolute atomic E-state index is 0.265. The lowest BCUT2D eigenvalue weighted by molar-refractivity contribution is 0.103. The number of nitrogen functional groups attached to an aromatic ring is 1. The highest BCUT2D eigenvalue weighted by molar-refractivity contribution is 6.38. The van der Waals surface area contributed by atoms with E-state index in [2.05, 4.69) is 0 Å². The summed E-state index contributed by atoms with van der Waals surface area (Å²) in [6.45, 7) is 2.29. The van der Waals surface area contributed by atoms with Crippen LogP contribution in [0.4, 0.5) is 5.69 Å². The van der Waals surface area contributed by atoms with Crippen molar-refractivity contribution in [3.63, 3.8) is 0 Å². The number of nitrogens with two attached hydrogens (primary N) is 1. The second-order valence-corrected chi connectivity index (χ2v) is 5.48. The second kappa shape index (κ2) is 6.56. The number of carbonyl (C=O) groups is 1. The standard InChI is InChI=1S/C15H12Cl3NO2/c1-2-21-14-7-10(16)9(6-12(14)18)15(20)8-3-4-13(19)11(17)5-8/h3-7H,2,19H2,1H3. The van der Waals surface area contributed by atoms with Crippen LogP contribution in [-0.2, 0) is 0 Å². The SMILES string of the molecule is CCOc1cc(Cl)c(C(=O)c2ccc(N)c(Cl)c2)cc1Cl.